The van der Waals surface area contributed by atoms with Gasteiger partial charge in [-0.1, -0.05) is 15.9 Å². The van der Waals surface area contributed by atoms with E-state index in [1.807, 2.05) is 0 Å². The molecule has 0 saturated heterocycles. The van der Waals surface area contributed by atoms with E-state index in [2.05, 4.69) is 15.9 Å². The number of Topliss-reactive ketones (excluding diaryl/α,β-unsaturated/α-hetero) is 2. The Morgan fingerprint density at radius 2 is 2.00 bits per heavy atom. The highest BCUT2D eigenvalue weighted by Crippen LogP contribution is 2.18. The van der Waals surface area contributed by atoms with Crippen molar-refractivity contribution >= 4 is 27.5 Å². The van der Waals surface area contributed by atoms with Crippen molar-refractivity contribution in [3.63, 3.8) is 0 Å². The van der Waals surface area contributed by atoms with Crippen LogP contribution in [0.15, 0.2) is 45.5 Å². The number of benzene rings is 1. The third-order valence-corrected chi connectivity index (χ3v) is 2.84. The molecule has 18 heavy (non-hydrogen) atoms. The zero-order chi connectivity index (χ0) is 13.1. The molecule has 0 aliphatic rings. The van der Waals surface area contributed by atoms with Crippen LogP contribution in [0.4, 0.5) is 4.39 Å². The summed E-state index contributed by atoms with van der Waals surface area (Å²) in [7, 11) is 0. The zero-order valence-electron chi connectivity index (χ0n) is 9.15. The maximum absolute atomic E-state index is 13.4. The molecule has 5 heteroatoms. The first-order valence-electron chi connectivity index (χ1n) is 5.13. The van der Waals surface area contributed by atoms with Gasteiger partial charge in [-0.3, -0.25) is 9.59 Å². The van der Waals surface area contributed by atoms with Crippen molar-refractivity contribution < 1.29 is 18.4 Å². The van der Waals surface area contributed by atoms with Crippen LogP contribution in [0, 0.1) is 5.82 Å². The highest BCUT2D eigenvalue weighted by molar-refractivity contribution is 9.10. The van der Waals surface area contributed by atoms with Gasteiger partial charge in [-0.15, -0.1) is 0 Å². The van der Waals surface area contributed by atoms with Crippen molar-refractivity contribution in [1.29, 1.82) is 0 Å². The number of halogens is 2. The van der Waals surface area contributed by atoms with E-state index in [1.54, 1.807) is 6.07 Å². The minimum absolute atomic E-state index is 0.0961. The number of hydrogen-bond acceptors (Lipinski definition) is 3. The molecule has 1 aromatic carbocycles. The van der Waals surface area contributed by atoms with Gasteiger partial charge in [0.25, 0.3) is 0 Å². The Balaban J connectivity index is 2.17. The lowest BCUT2D eigenvalue weighted by atomic mass is 10.0. The largest absolute Gasteiger partial charge is 0.461 e. The van der Waals surface area contributed by atoms with Crippen LogP contribution in [0.25, 0.3) is 0 Å². The van der Waals surface area contributed by atoms with Crippen molar-refractivity contribution in [2.24, 2.45) is 0 Å². The SMILES string of the molecule is O=C(CC(=O)c1cc(Br)ccc1F)c1ccco1. The number of rotatable bonds is 4. The van der Waals surface area contributed by atoms with Crippen LogP contribution in [0.5, 0.6) is 0 Å². The monoisotopic (exact) mass is 310 g/mol. The van der Waals surface area contributed by atoms with Gasteiger partial charge in [-0.2, -0.15) is 0 Å². The molecular formula is C13H8BrFO3. The van der Waals surface area contributed by atoms with Crippen molar-refractivity contribution in [2.75, 3.05) is 0 Å². The number of hydrogen-bond donors (Lipinski definition) is 0. The van der Waals surface area contributed by atoms with Crippen LogP contribution in [0.2, 0.25) is 0 Å². The Hall–Kier alpha value is -1.75. The van der Waals surface area contributed by atoms with Gasteiger partial charge in [0.1, 0.15) is 5.82 Å². The van der Waals surface area contributed by atoms with Crippen molar-refractivity contribution in [3.8, 4) is 0 Å². The second-order valence-corrected chi connectivity index (χ2v) is 4.54. The van der Waals surface area contributed by atoms with Crippen molar-refractivity contribution in [3.05, 3.63) is 58.2 Å². The second-order valence-electron chi connectivity index (χ2n) is 3.62. The normalized spacial score (nSPS) is 10.3. The second kappa shape index (κ2) is 5.27. The Kier molecular flexibility index (Phi) is 3.72. The Morgan fingerprint density at radius 3 is 2.67 bits per heavy atom. The molecule has 0 amide bonds. The first-order chi connectivity index (χ1) is 8.58. The van der Waals surface area contributed by atoms with E-state index >= 15 is 0 Å². The predicted molar refractivity (Wildman–Crippen MR) is 66.1 cm³/mol. The molecule has 0 N–H and O–H groups in total. The van der Waals surface area contributed by atoms with Crippen LogP contribution >= 0.6 is 15.9 Å². The number of carbonyl (C=O) groups excluding carboxylic acids is 2. The first kappa shape index (κ1) is 12.7. The van der Waals surface area contributed by atoms with Crippen LogP contribution in [-0.4, -0.2) is 11.6 Å². The minimum atomic E-state index is -0.643. The van der Waals surface area contributed by atoms with Crippen LogP contribution in [-0.2, 0) is 0 Å². The molecule has 0 spiro atoms. The van der Waals surface area contributed by atoms with Gasteiger partial charge < -0.3 is 4.42 Å². The van der Waals surface area contributed by atoms with Gasteiger partial charge in [0.05, 0.1) is 18.2 Å². The van der Waals surface area contributed by atoms with E-state index in [1.165, 1.54) is 30.5 Å². The van der Waals surface area contributed by atoms with E-state index in [-0.39, 0.29) is 11.3 Å². The molecule has 2 rings (SSSR count). The summed E-state index contributed by atoms with van der Waals surface area (Å²) >= 11 is 3.15. The molecular weight excluding hydrogens is 303 g/mol. The third kappa shape index (κ3) is 2.73. The van der Waals surface area contributed by atoms with Crippen LogP contribution in [0.1, 0.15) is 27.3 Å². The summed E-state index contributed by atoms with van der Waals surface area (Å²) in [5.74, 6) is -1.59. The Labute approximate surface area is 111 Å². The van der Waals surface area contributed by atoms with Gasteiger partial charge in [0, 0.05) is 4.47 Å². The van der Waals surface area contributed by atoms with E-state index in [0.717, 1.165) is 0 Å². The molecule has 0 aliphatic carbocycles. The van der Waals surface area contributed by atoms with Crippen LogP contribution < -0.4 is 0 Å². The summed E-state index contributed by atoms with van der Waals surface area (Å²) in [6, 6.07) is 7.03. The molecule has 1 heterocycles. The van der Waals surface area contributed by atoms with Gasteiger partial charge in [-0.25, -0.2) is 4.39 Å². The van der Waals surface area contributed by atoms with Gasteiger partial charge in [0.15, 0.2) is 11.5 Å². The first-order valence-corrected chi connectivity index (χ1v) is 5.92. The summed E-state index contributed by atoms with van der Waals surface area (Å²) in [4.78, 5) is 23.4. The molecule has 0 saturated carbocycles. The highest BCUT2D eigenvalue weighted by Gasteiger charge is 2.18. The third-order valence-electron chi connectivity index (χ3n) is 2.35. The molecule has 0 unspecified atom stereocenters. The molecule has 3 nitrogen and oxygen atoms in total. The van der Waals surface area contributed by atoms with Crippen LogP contribution in [0.3, 0.4) is 0 Å². The quantitative estimate of drug-likeness (QED) is 0.640. The average molecular weight is 311 g/mol. The summed E-state index contributed by atoms with van der Waals surface area (Å²) in [6.07, 6.45) is 0.929. The molecule has 0 aliphatic heterocycles. The van der Waals surface area contributed by atoms with E-state index in [9.17, 15) is 14.0 Å². The number of furan rings is 1. The smallest absolute Gasteiger partial charge is 0.205 e. The number of ketones is 2. The predicted octanol–water partition coefficient (Wildman–Crippen LogP) is 3.64. The molecule has 0 atom stereocenters. The summed E-state index contributed by atoms with van der Waals surface area (Å²) in [5, 5.41) is 0. The van der Waals surface area contributed by atoms with Gasteiger partial charge in [-0.05, 0) is 30.3 Å². The molecule has 92 valence electrons. The lowest BCUT2D eigenvalue weighted by Gasteiger charge is -2.02. The van der Waals surface area contributed by atoms with E-state index in [4.69, 9.17) is 4.42 Å². The lowest BCUT2D eigenvalue weighted by molar-refractivity contribution is 0.0876. The molecule has 2 aromatic rings. The lowest BCUT2D eigenvalue weighted by Crippen LogP contribution is -2.09. The fraction of sp³-hybridized carbons (Fsp3) is 0.0769. The van der Waals surface area contributed by atoms with E-state index in [0.29, 0.717) is 4.47 Å². The van der Waals surface area contributed by atoms with E-state index < -0.39 is 23.8 Å². The maximum Gasteiger partial charge on any atom is 0.205 e. The van der Waals surface area contributed by atoms with Crippen molar-refractivity contribution in [2.45, 2.75) is 6.42 Å². The molecule has 0 bridgehead atoms. The Bertz CT molecular complexity index is 590. The zero-order valence-corrected chi connectivity index (χ0v) is 10.7. The highest BCUT2D eigenvalue weighted by atomic mass is 79.9. The Morgan fingerprint density at radius 1 is 1.22 bits per heavy atom. The molecule has 0 radical (unpaired) electrons. The summed E-state index contributed by atoms with van der Waals surface area (Å²) < 4.78 is 18.9. The standard InChI is InChI=1S/C13H8BrFO3/c14-8-3-4-10(15)9(6-8)11(16)7-12(17)13-2-1-5-18-13/h1-6H,7H2. The van der Waals surface area contributed by atoms with Gasteiger partial charge >= 0.3 is 0 Å². The topological polar surface area (TPSA) is 47.3 Å². The minimum Gasteiger partial charge on any atom is -0.461 e. The maximum atomic E-state index is 13.4. The number of carbonyl (C=O) groups is 2. The van der Waals surface area contributed by atoms with Crippen molar-refractivity contribution in [1.82, 2.24) is 0 Å². The fourth-order valence-corrected chi connectivity index (χ4v) is 1.84. The molecule has 0 fully saturated rings. The summed E-state index contributed by atoms with van der Waals surface area (Å²) in [6.45, 7) is 0. The fourth-order valence-electron chi connectivity index (χ4n) is 1.48. The summed E-state index contributed by atoms with van der Waals surface area (Å²) in [5.41, 5.74) is -0.107. The average Bonchev–Trinajstić information content (AvgIpc) is 2.85. The molecule has 1 aromatic heterocycles. The van der Waals surface area contributed by atoms with Gasteiger partial charge in [0.2, 0.25) is 5.78 Å².